The molecule has 21 heavy (non-hydrogen) atoms. The highest BCUT2D eigenvalue weighted by Crippen LogP contribution is 2.31. The Kier molecular flexibility index (Phi) is 3.89. The van der Waals surface area contributed by atoms with Gasteiger partial charge in [0.05, 0.1) is 23.3 Å². The van der Waals surface area contributed by atoms with E-state index in [-0.39, 0.29) is 41.7 Å². The standard InChI is InChI=1S/C14H12N2O5/c1-3-9-6-13(17)15(8-9)12-7-10(16(19)20)4-5-11(12)14(18)21-2/h1,4-5,7,9H,6,8H2,2H3. The summed E-state index contributed by atoms with van der Waals surface area (Å²) >= 11 is 0. The summed E-state index contributed by atoms with van der Waals surface area (Å²) in [6, 6.07) is 3.65. The first-order chi connectivity index (χ1) is 9.97. The van der Waals surface area contributed by atoms with E-state index in [1.54, 1.807) is 0 Å². The quantitative estimate of drug-likeness (QED) is 0.362. The molecule has 0 aromatic heterocycles. The second kappa shape index (κ2) is 5.63. The fourth-order valence-corrected chi connectivity index (χ4v) is 2.19. The average Bonchev–Trinajstić information content (AvgIpc) is 2.86. The number of ether oxygens (including phenoxy) is 1. The van der Waals surface area contributed by atoms with E-state index in [1.807, 2.05) is 0 Å². The van der Waals surface area contributed by atoms with E-state index < -0.39 is 10.9 Å². The third kappa shape index (κ3) is 2.69. The summed E-state index contributed by atoms with van der Waals surface area (Å²) < 4.78 is 4.64. The van der Waals surface area contributed by atoms with Gasteiger partial charge in [0.1, 0.15) is 0 Å². The lowest BCUT2D eigenvalue weighted by molar-refractivity contribution is -0.384. The molecule has 0 spiro atoms. The zero-order valence-electron chi connectivity index (χ0n) is 11.2. The molecule has 7 heteroatoms. The van der Waals surface area contributed by atoms with Crippen LogP contribution in [0.15, 0.2) is 18.2 Å². The summed E-state index contributed by atoms with van der Waals surface area (Å²) in [5.41, 5.74) is 0.0301. The molecule has 1 aliphatic heterocycles. The third-order valence-electron chi connectivity index (χ3n) is 3.25. The predicted molar refractivity (Wildman–Crippen MR) is 73.7 cm³/mol. The second-order valence-corrected chi connectivity index (χ2v) is 4.52. The van der Waals surface area contributed by atoms with Gasteiger partial charge < -0.3 is 9.64 Å². The molecular formula is C14H12N2O5. The molecule has 7 nitrogen and oxygen atoms in total. The normalized spacial score (nSPS) is 17.4. The number of esters is 1. The van der Waals surface area contributed by atoms with Gasteiger partial charge in [-0.1, -0.05) is 0 Å². The van der Waals surface area contributed by atoms with E-state index >= 15 is 0 Å². The predicted octanol–water partition coefficient (Wildman–Crippen LogP) is 1.37. The van der Waals surface area contributed by atoms with E-state index in [0.717, 1.165) is 0 Å². The van der Waals surface area contributed by atoms with Gasteiger partial charge >= 0.3 is 5.97 Å². The minimum Gasteiger partial charge on any atom is -0.465 e. The van der Waals surface area contributed by atoms with Crippen molar-refractivity contribution in [2.24, 2.45) is 5.92 Å². The number of nitrogens with zero attached hydrogens (tertiary/aromatic N) is 2. The molecule has 108 valence electrons. The van der Waals surface area contributed by atoms with Crippen molar-refractivity contribution in [3.8, 4) is 12.3 Å². The molecule has 0 N–H and O–H groups in total. The van der Waals surface area contributed by atoms with Gasteiger partial charge in [0.2, 0.25) is 5.91 Å². The van der Waals surface area contributed by atoms with Crippen LogP contribution in [0.3, 0.4) is 0 Å². The van der Waals surface area contributed by atoms with Crippen LogP contribution < -0.4 is 4.90 Å². The molecule has 1 atom stereocenters. The number of carbonyl (C=O) groups is 2. The van der Waals surface area contributed by atoms with Crippen molar-refractivity contribution < 1.29 is 19.2 Å². The second-order valence-electron chi connectivity index (χ2n) is 4.52. The van der Waals surface area contributed by atoms with E-state index in [4.69, 9.17) is 6.42 Å². The summed E-state index contributed by atoms with van der Waals surface area (Å²) in [6.07, 6.45) is 5.46. The van der Waals surface area contributed by atoms with Crippen LogP contribution in [-0.2, 0) is 9.53 Å². The smallest absolute Gasteiger partial charge is 0.339 e. The van der Waals surface area contributed by atoms with Crippen LogP contribution in [0.5, 0.6) is 0 Å². The van der Waals surface area contributed by atoms with Crippen molar-refractivity contribution in [1.82, 2.24) is 0 Å². The van der Waals surface area contributed by atoms with Crippen molar-refractivity contribution in [3.05, 3.63) is 33.9 Å². The lowest BCUT2D eigenvalue weighted by atomic mass is 10.1. The Hall–Kier alpha value is -2.88. The molecule has 0 radical (unpaired) electrons. The minimum absolute atomic E-state index is 0.0918. The van der Waals surface area contributed by atoms with Crippen molar-refractivity contribution in [1.29, 1.82) is 0 Å². The average molecular weight is 288 g/mol. The number of benzene rings is 1. The topological polar surface area (TPSA) is 89.8 Å². The summed E-state index contributed by atoms with van der Waals surface area (Å²) in [6.45, 7) is 0.223. The van der Waals surface area contributed by atoms with Crippen molar-refractivity contribution in [3.63, 3.8) is 0 Å². The summed E-state index contributed by atoms with van der Waals surface area (Å²) in [4.78, 5) is 35.3. The van der Waals surface area contributed by atoms with Gasteiger partial charge in [0, 0.05) is 31.0 Å². The van der Waals surface area contributed by atoms with Crippen molar-refractivity contribution in [2.45, 2.75) is 6.42 Å². The van der Waals surface area contributed by atoms with Crippen LogP contribution in [0.2, 0.25) is 0 Å². The van der Waals surface area contributed by atoms with E-state index in [0.29, 0.717) is 0 Å². The van der Waals surface area contributed by atoms with Crippen LogP contribution in [0.25, 0.3) is 0 Å². The molecule has 1 saturated heterocycles. The molecule has 1 aromatic rings. The van der Waals surface area contributed by atoms with Crippen LogP contribution >= 0.6 is 0 Å². The maximum atomic E-state index is 12.0. The highest BCUT2D eigenvalue weighted by molar-refractivity contribution is 6.04. The van der Waals surface area contributed by atoms with Gasteiger partial charge in [0.15, 0.2) is 0 Å². The monoisotopic (exact) mass is 288 g/mol. The van der Waals surface area contributed by atoms with Gasteiger partial charge in [-0.15, -0.1) is 12.3 Å². The molecular weight excluding hydrogens is 276 g/mol. The number of anilines is 1. The Balaban J connectivity index is 2.51. The Morgan fingerprint density at radius 1 is 1.57 bits per heavy atom. The summed E-state index contributed by atoms with van der Waals surface area (Å²) in [5, 5.41) is 10.9. The van der Waals surface area contributed by atoms with Gasteiger partial charge in [-0.3, -0.25) is 14.9 Å². The highest BCUT2D eigenvalue weighted by Gasteiger charge is 2.33. The molecule has 2 rings (SSSR count). The van der Waals surface area contributed by atoms with Crippen molar-refractivity contribution in [2.75, 3.05) is 18.6 Å². The number of hydrogen-bond acceptors (Lipinski definition) is 5. The van der Waals surface area contributed by atoms with Gasteiger partial charge in [-0.25, -0.2) is 4.79 Å². The molecule has 1 unspecified atom stereocenters. The van der Waals surface area contributed by atoms with Crippen LogP contribution in [0, 0.1) is 28.4 Å². The number of carbonyl (C=O) groups excluding carboxylic acids is 2. The number of methoxy groups -OCH3 is 1. The Bertz CT molecular complexity index is 662. The molecule has 0 bridgehead atoms. The van der Waals surface area contributed by atoms with Gasteiger partial charge in [-0.2, -0.15) is 0 Å². The largest absolute Gasteiger partial charge is 0.465 e. The summed E-state index contributed by atoms with van der Waals surface area (Å²) in [7, 11) is 1.20. The zero-order valence-corrected chi connectivity index (χ0v) is 11.2. The molecule has 1 fully saturated rings. The van der Waals surface area contributed by atoms with Crippen LogP contribution in [-0.4, -0.2) is 30.5 Å². The first-order valence-corrected chi connectivity index (χ1v) is 6.11. The maximum absolute atomic E-state index is 12.0. The molecule has 1 aliphatic rings. The minimum atomic E-state index is -0.670. The fraction of sp³-hybridized carbons (Fsp3) is 0.286. The molecule has 1 amide bonds. The number of nitro benzene ring substituents is 1. The highest BCUT2D eigenvalue weighted by atomic mass is 16.6. The molecule has 0 saturated carbocycles. The number of terminal acetylenes is 1. The Labute approximate surface area is 120 Å². The molecule has 1 heterocycles. The van der Waals surface area contributed by atoms with Gasteiger partial charge in [0.25, 0.3) is 5.69 Å². The third-order valence-corrected chi connectivity index (χ3v) is 3.25. The summed E-state index contributed by atoms with van der Waals surface area (Å²) in [5.74, 6) is 1.26. The fourth-order valence-electron chi connectivity index (χ4n) is 2.19. The first-order valence-electron chi connectivity index (χ1n) is 6.11. The van der Waals surface area contributed by atoms with E-state index in [2.05, 4.69) is 10.7 Å². The van der Waals surface area contributed by atoms with Crippen LogP contribution in [0.1, 0.15) is 16.8 Å². The van der Waals surface area contributed by atoms with E-state index in [9.17, 15) is 19.7 Å². The lowest BCUT2D eigenvalue weighted by Crippen LogP contribution is -2.26. The lowest BCUT2D eigenvalue weighted by Gasteiger charge is -2.18. The van der Waals surface area contributed by atoms with Gasteiger partial charge in [-0.05, 0) is 6.07 Å². The number of hydrogen-bond donors (Lipinski definition) is 0. The number of nitro groups is 1. The Morgan fingerprint density at radius 2 is 2.29 bits per heavy atom. The Morgan fingerprint density at radius 3 is 2.81 bits per heavy atom. The zero-order chi connectivity index (χ0) is 15.6. The maximum Gasteiger partial charge on any atom is 0.339 e. The van der Waals surface area contributed by atoms with Crippen molar-refractivity contribution >= 4 is 23.3 Å². The SMILES string of the molecule is C#CC1CC(=O)N(c2cc([N+](=O)[O-])ccc2C(=O)OC)C1. The number of amides is 1. The van der Waals surface area contributed by atoms with Crippen LogP contribution in [0.4, 0.5) is 11.4 Å². The molecule has 1 aromatic carbocycles. The molecule has 0 aliphatic carbocycles. The van der Waals surface area contributed by atoms with E-state index in [1.165, 1.54) is 30.2 Å². The first kappa shape index (κ1) is 14.5. The number of non-ortho nitro benzene ring substituents is 1. The number of rotatable bonds is 3.